The molecule has 36 heavy (non-hydrogen) atoms. The number of ketones is 2. The molecule has 0 aliphatic heterocycles. The van der Waals surface area contributed by atoms with E-state index in [1.165, 1.54) is 38.1 Å². The molecule has 1 aromatic rings. The summed E-state index contributed by atoms with van der Waals surface area (Å²) in [7, 11) is 0. The zero-order valence-electron chi connectivity index (χ0n) is 20.3. The molecule has 0 heterocycles. The SMILES string of the molecule is C=C(C)C(=O)C(O)C(OCCO)C(=O)C(=C)C.O=C(O)c1ccccc1C(=O)O.OCCOCCO. The predicted molar refractivity (Wildman–Crippen MR) is 128 cm³/mol. The highest BCUT2D eigenvalue weighted by Crippen LogP contribution is 2.11. The van der Waals surface area contributed by atoms with Gasteiger partial charge in [-0.25, -0.2) is 9.59 Å². The summed E-state index contributed by atoms with van der Waals surface area (Å²) < 4.78 is 9.61. The topological polar surface area (TPSA) is 208 Å². The summed E-state index contributed by atoms with van der Waals surface area (Å²) in [6.07, 6.45) is -2.97. The first-order valence-corrected chi connectivity index (χ1v) is 10.5. The molecule has 0 aromatic heterocycles. The van der Waals surface area contributed by atoms with Crippen LogP contribution in [-0.2, 0) is 19.1 Å². The Morgan fingerprint density at radius 1 is 0.778 bits per heavy atom. The van der Waals surface area contributed by atoms with Gasteiger partial charge >= 0.3 is 11.9 Å². The number of hydrogen-bond donors (Lipinski definition) is 6. The van der Waals surface area contributed by atoms with Gasteiger partial charge < -0.3 is 40.1 Å². The van der Waals surface area contributed by atoms with Crippen molar-refractivity contribution in [3.63, 3.8) is 0 Å². The summed E-state index contributed by atoms with van der Waals surface area (Å²) in [4.78, 5) is 44.1. The van der Waals surface area contributed by atoms with Gasteiger partial charge in [0.2, 0.25) is 0 Å². The van der Waals surface area contributed by atoms with Gasteiger partial charge in [-0.3, -0.25) is 9.59 Å². The second-order valence-corrected chi connectivity index (χ2v) is 6.96. The molecule has 0 spiro atoms. The van der Waals surface area contributed by atoms with Gasteiger partial charge in [0.15, 0.2) is 17.7 Å². The highest BCUT2D eigenvalue weighted by Gasteiger charge is 2.33. The molecule has 2 unspecified atom stereocenters. The summed E-state index contributed by atoms with van der Waals surface area (Å²) >= 11 is 0. The van der Waals surface area contributed by atoms with Gasteiger partial charge in [0.05, 0.1) is 50.8 Å². The van der Waals surface area contributed by atoms with Crippen LogP contribution < -0.4 is 0 Å². The summed E-state index contributed by atoms with van der Waals surface area (Å²) in [5.74, 6) is -3.69. The van der Waals surface area contributed by atoms with Gasteiger partial charge in [-0.2, -0.15) is 0 Å². The Kier molecular flexibility index (Phi) is 19.4. The molecule has 1 aromatic carbocycles. The molecule has 6 N–H and O–H groups in total. The number of carbonyl (C=O) groups is 4. The van der Waals surface area contributed by atoms with Gasteiger partial charge in [0.25, 0.3) is 0 Å². The first-order chi connectivity index (χ1) is 16.9. The van der Waals surface area contributed by atoms with Gasteiger partial charge in [-0.1, -0.05) is 25.3 Å². The Bertz CT molecular complexity index is 841. The Morgan fingerprint density at radius 3 is 1.47 bits per heavy atom. The largest absolute Gasteiger partial charge is 0.478 e. The zero-order chi connectivity index (χ0) is 28.3. The van der Waals surface area contributed by atoms with Gasteiger partial charge in [0.1, 0.15) is 6.10 Å². The highest BCUT2D eigenvalue weighted by molar-refractivity contribution is 6.06. The minimum Gasteiger partial charge on any atom is -0.478 e. The fraction of sp³-hybridized carbons (Fsp3) is 0.417. The number of hydrogen-bond acceptors (Lipinski definition) is 10. The normalized spacial score (nSPS) is 11.5. The molecule has 0 saturated heterocycles. The minimum absolute atomic E-state index is 0.0278. The smallest absolute Gasteiger partial charge is 0.336 e. The van der Waals surface area contributed by atoms with E-state index >= 15 is 0 Å². The van der Waals surface area contributed by atoms with Crippen molar-refractivity contribution in [3.8, 4) is 0 Å². The maximum Gasteiger partial charge on any atom is 0.336 e. The predicted octanol–water partition coefficient (Wildman–Crippen LogP) is 0.0858. The molecule has 202 valence electrons. The fourth-order valence-electron chi connectivity index (χ4n) is 2.21. The molecule has 0 aliphatic rings. The lowest BCUT2D eigenvalue weighted by atomic mass is 9.98. The number of carboxylic acid groups (broad SMARTS) is 2. The Balaban J connectivity index is 0. The zero-order valence-corrected chi connectivity index (χ0v) is 20.3. The second kappa shape index (κ2) is 20.0. The van der Waals surface area contributed by atoms with Crippen LogP contribution in [0.3, 0.4) is 0 Å². The summed E-state index contributed by atoms with van der Waals surface area (Å²) in [5.41, 5.74) is -0.0823. The third kappa shape index (κ3) is 14.2. The lowest BCUT2D eigenvalue weighted by Gasteiger charge is -2.21. The molecular weight excluding hydrogens is 480 g/mol. The highest BCUT2D eigenvalue weighted by atomic mass is 16.5. The number of rotatable bonds is 14. The fourth-order valence-corrected chi connectivity index (χ4v) is 2.21. The quantitative estimate of drug-likeness (QED) is 0.144. The molecule has 0 fully saturated rings. The third-order valence-corrected chi connectivity index (χ3v) is 3.90. The van der Waals surface area contributed by atoms with Crippen LogP contribution in [0.15, 0.2) is 48.6 Å². The van der Waals surface area contributed by atoms with Crippen molar-refractivity contribution in [2.75, 3.05) is 39.6 Å². The van der Waals surface area contributed by atoms with Crippen molar-refractivity contribution in [1.29, 1.82) is 0 Å². The molecular formula is C24H34O12. The number of aliphatic hydroxyl groups excluding tert-OH is 4. The van der Waals surface area contributed by atoms with E-state index in [0.717, 1.165) is 0 Å². The van der Waals surface area contributed by atoms with Crippen molar-refractivity contribution < 1.29 is 59.3 Å². The monoisotopic (exact) mass is 514 g/mol. The van der Waals surface area contributed by atoms with Crippen LogP contribution in [0.1, 0.15) is 34.6 Å². The van der Waals surface area contributed by atoms with Crippen molar-refractivity contribution >= 4 is 23.5 Å². The summed E-state index contributed by atoms with van der Waals surface area (Å²) in [5, 5.41) is 51.6. The summed E-state index contributed by atoms with van der Waals surface area (Å²) in [6, 6.07) is 5.48. The van der Waals surface area contributed by atoms with Crippen LogP contribution in [0.4, 0.5) is 0 Å². The van der Waals surface area contributed by atoms with Gasteiger partial charge in [-0.15, -0.1) is 0 Å². The molecule has 0 aliphatic carbocycles. The minimum atomic E-state index is -1.62. The van der Waals surface area contributed by atoms with Crippen molar-refractivity contribution in [1.82, 2.24) is 0 Å². The standard InChI is InChI=1S/C12H18O5.C8H6O4.C4H10O3/c1-7(2)9(14)11(16)12(17-6-5-13)10(15)8(3)4;9-7(10)5-3-1-2-4-6(5)8(11)12;5-1-3-7-4-2-6/h11-13,16H,1,3,5-6H2,2,4H3;1-4H,(H,9,10)(H,11,12);5-6H,1-4H2. The second-order valence-electron chi connectivity index (χ2n) is 6.96. The number of ether oxygens (including phenoxy) is 2. The number of benzene rings is 1. The van der Waals surface area contributed by atoms with E-state index in [0.29, 0.717) is 13.2 Å². The Labute approximate surface area is 208 Å². The van der Waals surface area contributed by atoms with E-state index in [-0.39, 0.29) is 48.7 Å². The number of aliphatic hydroxyl groups is 4. The van der Waals surface area contributed by atoms with Crippen molar-refractivity contribution in [3.05, 3.63) is 59.7 Å². The van der Waals surface area contributed by atoms with Crippen molar-refractivity contribution in [2.45, 2.75) is 26.1 Å². The maximum absolute atomic E-state index is 11.7. The third-order valence-electron chi connectivity index (χ3n) is 3.90. The molecule has 0 amide bonds. The van der Waals surface area contributed by atoms with Crippen LogP contribution in [-0.4, -0.2) is 106 Å². The van der Waals surface area contributed by atoms with Crippen LogP contribution in [0.5, 0.6) is 0 Å². The molecule has 0 radical (unpaired) electrons. The van der Waals surface area contributed by atoms with E-state index in [2.05, 4.69) is 17.9 Å². The van der Waals surface area contributed by atoms with Crippen LogP contribution in [0.2, 0.25) is 0 Å². The lowest BCUT2D eigenvalue weighted by Crippen LogP contribution is -2.42. The molecule has 1 rings (SSSR count). The van der Waals surface area contributed by atoms with E-state index in [9.17, 15) is 24.3 Å². The maximum atomic E-state index is 11.7. The number of carbonyl (C=O) groups excluding carboxylic acids is 2. The van der Waals surface area contributed by atoms with Crippen LogP contribution >= 0.6 is 0 Å². The van der Waals surface area contributed by atoms with E-state index < -0.39 is 35.7 Å². The van der Waals surface area contributed by atoms with E-state index in [1.807, 2.05) is 0 Å². The molecule has 0 saturated carbocycles. The first-order valence-electron chi connectivity index (χ1n) is 10.5. The molecule has 2 atom stereocenters. The van der Waals surface area contributed by atoms with E-state index in [4.69, 9.17) is 30.3 Å². The molecule has 12 nitrogen and oxygen atoms in total. The number of aromatic carboxylic acids is 2. The van der Waals surface area contributed by atoms with Crippen LogP contribution in [0, 0.1) is 0 Å². The molecule has 0 bridgehead atoms. The Hall–Kier alpha value is -3.26. The van der Waals surface area contributed by atoms with Gasteiger partial charge in [-0.05, 0) is 37.1 Å². The average molecular weight is 515 g/mol. The van der Waals surface area contributed by atoms with Gasteiger partial charge in [0, 0.05) is 0 Å². The number of carboxylic acids is 2. The summed E-state index contributed by atoms with van der Waals surface area (Å²) in [6.45, 7) is 9.95. The number of Topliss-reactive ketones (excluding diaryl/α,β-unsaturated/α-hetero) is 2. The first kappa shape index (κ1) is 34.9. The molecule has 12 heteroatoms. The Morgan fingerprint density at radius 2 is 1.17 bits per heavy atom. The van der Waals surface area contributed by atoms with E-state index in [1.54, 1.807) is 0 Å². The van der Waals surface area contributed by atoms with Crippen LogP contribution in [0.25, 0.3) is 0 Å². The van der Waals surface area contributed by atoms with Crippen molar-refractivity contribution in [2.24, 2.45) is 0 Å². The lowest BCUT2D eigenvalue weighted by molar-refractivity contribution is -0.144. The average Bonchev–Trinajstić information content (AvgIpc) is 2.84.